The number of methoxy groups -OCH3 is 1. The van der Waals surface area contributed by atoms with E-state index >= 15 is 0 Å². The van der Waals surface area contributed by atoms with E-state index < -0.39 is 0 Å². The Bertz CT molecular complexity index is 549. The molecule has 4 nitrogen and oxygen atoms in total. The van der Waals surface area contributed by atoms with E-state index in [1.165, 1.54) is 6.42 Å². The molecular formula is C15H19N3OS. The van der Waals surface area contributed by atoms with E-state index in [2.05, 4.69) is 30.2 Å². The Morgan fingerprint density at radius 3 is 3.00 bits per heavy atom. The van der Waals surface area contributed by atoms with Crippen molar-refractivity contribution in [3.63, 3.8) is 0 Å². The molecule has 0 fully saturated rings. The van der Waals surface area contributed by atoms with E-state index in [-0.39, 0.29) is 0 Å². The predicted octanol–water partition coefficient (Wildman–Crippen LogP) is 3.50. The Balaban J connectivity index is 2.03. The van der Waals surface area contributed by atoms with E-state index in [9.17, 15) is 0 Å². The molecule has 0 saturated carbocycles. The van der Waals surface area contributed by atoms with Crippen LogP contribution in [0.2, 0.25) is 0 Å². The summed E-state index contributed by atoms with van der Waals surface area (Å²) in [5.74, 6) is 1.35. The molecule has 5 heteroatoms. The molecule has 1 N–H and O–H groups in total. The van der Waals surface area contributed by atoms with Crippen LogP contribution in [0.5, 0.6) is 5.75 Å². The highest BCUT2D eigenvalue weighted by atomic mass is 32.2. The van der Waals surface area contributed by atoms with Crippen LogP contribution in [0.4, 0.5) is 5.69 Å². The van der Waals surface area contributed by atoms with Gasteiger partial charge in [0.25, 0.3) is 0 Å². The van der Waals surface area contributed by atoms with Crippen molar-refractivity contribution in [2.45, 2.75) is 25.5 Å². The number of ether oxygens (including phenoxy) is 1. The molecule has 1 atom stereocenters. The zero-order valence-electron chi connectivity index (χ0n) is 12.0. The second-order valence-electron chi connectivity index (χ2n) is 5.17. The fourth-order valence-electron chi connectivity index (χ4n) is 2.11. The van der Waals surface area contributed by atoms with Crippen molar-refractivity contribution in [3.05, 3.63) is 23.8 Å². The van der Waals surface area contributed by atoms with Crippen molar-refractivity contribution < 1.29 is 4.74 Å². The van der Waals surface area contributed by atoms with Crippen molar-refractivity contribution >= 4 is 22.6 Å². The van der Waals surface area contributed by atoms with Gasteiger partial charge >= 0.3 is 0 Å². The Morgan fingerprint density at radius 1 is 1.55 bits per heavy atom. The first-order chi connectivity index (χ1) is 9.62. The third-order valence-corrected chi connectivity index (χ3v) is 4.15. The van der Waals surface area contributed by atoms with Gasteiger partial charge in [0, 0.05) is 11.3 Å². The molecule has 1 heterocycles. The molecule has 0 aliphatic carbocycles. The average molecular weight is 289 g/mol. The minimum atomic E-state index is 0.557. The molecule has 1 aromatic rings. The summed E-state index contributed by atoms with van der Waals surface area (Å²) in [7, 11) is 1.60. The standard InChI is InChI=1S/C15H19N3OS/c1-10(2)6-12-9-17-15(20-12)18-13-5-4-11(8-16)7-14(13)19-3/h4-5,7,10,12H,6,9H2,1-3H3,(H,17,18). The molecule has 0 radical (unpaired) electrons. The predicted molar refractivity (Wildman–Crippen MR) is 84.5 cm³/mol. The van der Waals surface area contributed by atoms with Gasteiger partial charge in [-0.25, -0.2) is 0 Å². The number of aliphatic imine (C=N–C) groups is 1. The Hall–Kier alpha value is -1.67. The van der Waals surface area contributed by atoms with Gasteiger partial charge in [-0.1, -0.05) is 25.6 Å². The normalized spacial score (nSPS) is 17.8. The molecule has 20 heavy (non-hydrogen) atoms. The van der Waals surface area contributed by atoms with Crippen molar-refractivity contribution in [2.75, 3.05) is 19.0 Å². The second-order valence-corrected chi connectivity index (χ2v) is 6.46. The summed E-state index contributed by atoms with van der Waals surface area (Å²) < 4.78 is 5.31. The van der Waals surface area contributed by atoms with Crippen LogP contribution in [0.3, 0.4) is 0 Å². The Kier molecular flexibility index (Phi) is 4.91. The van der Waals surface area contributed by atoms with Gasteiger partial charge < -0.3 is 10.1 Å². The van der Waals surface area contributed by atoms with Gasteiger partial charge in [0.1, 0.15) is 5.75 Å². The number of nitrogens with zero attached hydrogens (tertiary/aromatic N) is 2. The Labute approximate surface area is 124 Å². The first kappa shape index (κ1) is 14.7. The summed E-state index contributed by atoms with van der Waals surface area (Å²) >= 11 is 1.78. The largest absolute Gasteiger partial charge is 0.495 e. The Morgan fingerprint density at radius 2 is 2.35 bits per heavy atom. The quantitative estimate of drug-likeness (QED) is 0.921. The summed E-state index contributed by atoms with van der Waals surface area (Å²) in [5, 5.41) is 13.7. The number of rotatable bonds is 4. The molecule has 1 aliphatic heterocycles. The minimum absolute atomic E-state index is 0.557. The fourth-order valence-corrected chi connectivity index (χ4v) is 3.38. The summed E-state index contributed by atoms with van der Waals surface area (Å²) in [6.45, 7) is 5.33. The fraction of sp³-hybridized carbons (Fsp3) is 0.467. The molecule has 0 bridgehead atoms. The van der Waals surface area contributed by atoms with Crippen molar-refractivity contribution in [1.82, 2.24) is 0 Å². The lowest BCUT2D eigenvalue weighted by atomic mass is 10.1. The molecule has 1 aliphatic rings. The van der Waals surface area contributed by atoms with Gasteiger partial charge in [0.15, 0.2) is 5.17 Å². The average Bonchev–Trinajstić information content (AvgIpc) is 2.85. The molecule has 1 aromatic carbocycles. The maximum absolute atomic E-state index is 8.90. The third kappa shape index (κ3) is 3.67. The van der Waals surface area contributed by atoms with Crippen molar-refractivity contribution in [1.29, 1.82) is 5.26 Å². The summed E-state index contributed by atoms with van der Waals surface area (Å²) in [4.78, 5) is 4.53. The van der Waals surface area contributed by atoms with Gasteiger partial charge in [-0.3, -0.25) is 4.99 Å². The van der Waals surface area contributed by atoms with Gasteiger partial charge in [-0.2, -0.15) is 5.26 Å². The first-order valence-corrected chi connectivity index (χ1v) is 7.56. The highest BCUT2D eigenvalue weighted by Crippen LogP contribution is 2.31. The van der Waals surface area contributed by atoms with Crippen LogP contribution in [0.15, 0.2) is 23.2 Å². The highest BCUT2D eigenvalue weighted by molar-refractivity contribution is 8.15. The van der Waals surface area contributed by atoms with E-state index in [0.717, 1.165) is 17.4 Å². The van der Waals surface area contributed by atoms with E-state index in [1.807, 2.05) is 6.07 Å². The molecule has 1 unspecified atom stereocenters. The summed E-state index contributed by atoms with van der Waals surface area (Å²) in [6, 6.07) is 7.47. The molecule has 0 spiro atoms. The third-order valence-electron chi connectivity index (χ3n) is 3.02. The monoisotopic (exact) mass is 289 g/mol. The van der Waals surface area contributed by atoms with Gasteiger partial charge in [0.2, 0.25) is 0 Å². The van der Waals surface area contributed by atoms with Crippen LogP contribution >= 0.6 is 11.8 Å². The summed E-state index contributed by atoms with van der Waals surface area (Å²) in [6.07, 6.45) is 1.17. The summed E-state index contributed by atoms with van der Waals surface area (Å²) in [5.41, 5.74) is 1.44. The van der Waals surface area contributed by atoms with Gasteiger partial charge in [0.05, 0.1) is 31.0 Å². The lowest BCUT2D eigenvalue weighted by Gasteiger charge is -2.13. The SMILES string of the molecule is COc1cc(C#N)ccc1NC1=NCC(CC(C)C)S1. The van der Waals surface area contributed by atoms with E-state index in [4.69, 9.17) is 10.00 Å². The zero-order chi connectivity index (χ0) is 14.5. The van der Waals surface area contributed by atoms with E-state index in [0.29, 0.717) is 22.5 Å². The number of hydrogen-bond donors (Lipinski definition) is 1. The number of nitriles is 1. The van der Waals surface area contributed by atoms with Crippen LogP contribution in [-0.4, -0.2) is 24.1 Å². The van der Waals surface area contributed by atoms with Gasteiger partial charge in [-0.05, 0) is 24.5 Å². The molecule has 106 valence electrons. The van der Waals surface area contributed by atoms with Gasteiger partial charge in [-0.15, -0.1) is 0 Å². The van der Waals surface area contributed by atoms with Crippen LogP contribution in [0, 0.1) is 17.2 Å². The molecule has 2 rings (SSSR count). The second kappa shape index (κ2) is 6.67. The highest BCUT2D eigenvalue weighted by Gasteiger charge is 2.21. The number of nitrogens with one attached hydrogen (secondary N) is 1. The number of amidine groups is 1. The van der Waals surface area contributed by atoms with Crippen LogP contribution in [0.1, 0.15) is 25.8 Å². The smallest absolute Gasteiger partial charge is 0.161 e. The van der Waals surface area contributed by atoms with Crippen molar-refractivity contribution in [2.24, 2.45) is 10.9 Å². The minimum Gasteiger partial charge on any atom is -0.495 e. The molecular weight excluding hydrogens is 270 g/mol. The maximum Gasteiger partial charge on any atom is 0.161 e. The van der Waals surface area contributed by atoms with Crippen LogP contribution in [0.25, 0.3) is 0 Å². The number of thioether (sulfide) groups is 1. The molecule has 0 amide bonds. The number of anilines is 1. The van der Waals surface area contributed by atoms with Crippen LogP contribution < -0.4 is 10.1 Å². The lowest BCUT2D eigenvalue weighted by molar-refractivity contribution is 0.417. The maximum atomic E-state index is 8.90. The first-order valence-electron chi connectivity index (χ1n) is 6.68. The van der Waals surface area contributed by atoms with E-state index in [1.54, 1.807) is 31.0 Å². The number of benzene rings is 1. The molecule has 0 aromatic heterocycles. The zero-order valence-corrected chi connectivity index (χ0v) is 12.8. The molecule has 0 saturated heterocycles. The lowest BCUT2D eigenvalue weighted by Crippen LogP contribution is -2.10. The topological polar surface area (TPSA) is 57.4 Å². The van der Waals surface area contributed by atoms with Crippen LogP contribution in [-0.2, 0) is 0 Å². The van der Waals surface area contributed by atoms with Crippen molar-refractivity contribution in [3.8, 4) is 11.8 Å². The number of hydrogen-bond acceptors (Lipinski definition) is 5.